The van der Waals surface area contributed by atoms with Crippen LogP contribution in [0.5, 0.6) is 0 Å². The Morgan fingerprint density at radius 2 is 1.83 bits per heavy atom. The molecule has 132 valence electrons. The fourth-order valence-corrected chi connectivity index (χ4v) is 3.78. The van der Waals surface area contributed by atoms with E-state index in [2.05, 4.69) is 5.32 Å². The minimum atomic E-state index is -0.164. The van der Waals surface area contributed by atoms with Gasteiger partial charge in [-0.25, -0.2) is 0 Å². The molecule has 1 fully saturated rings. The van der Waals surface area contributed by atoms with E-state index in [4.69, 9.17) is 5.73 Å². The molecule has 1 aromatic rings. The number of nitrogens with two attached hydrogens (primary N) is 1. The lowest BCUT2D eigenvalue weighted by molar-refractivity contribution is -0.137. The van der Waals surface area contributed by atoms with Gasteiger partial charge < -0.3 is 16.0 Å². The summed E-state index contributed by atoms with van der Waals surface area (Å²) < 4.78 is 0. The SMILES string of the molecule is Cc1cc(C)c(NC(=O)CN(C)C(=O)[C@@H]2CCC[C@@H]2CN)c(C)c1. The van der Waals surface area contributed by atoms with Gasteiger partial charge in [0.25, 0.3) is 0 Å². The summed E-state index contributed by atoms with van der Waals surface area (Å²) in [7, 11) is 1.70. The molecule has 24 heavy (non-hydrogen) atoms. The summed E-state index contributed by atoms with van der Waals surface area (Å²) in [6.07, 6.45) is 2.93. The average Bonchev–Trinajstić information content (AvgIpc) is 2.98. The van der Waals surface area contributed by atoms with E-state index in [1.807, 2.05) is 32.9 Å². The van der Waals surface area contributed by atoms with Gasteiger partial charge in [0, 0.05) is 18.7 Å². The Morgan fingerprint density at radius 3 is 2.42 bits per heavy atom. The fraction of sp³-hybridized carbons (Fsp3) is 0.579. The highest BCUT2D eigenvalue weighted by atomic mass is 16.2. The Hall–Kier alpha value is -1.88. The highest BCUT2D eigenvalue weighted by molar-refractivity contribution is 5.96. The smallest absolute Gasteiger partial charge is 0.243 e. The standard InChI is InChI=1S/C19H29N3O2/c1-12-8-13(2)18(14(3)9-12)21-17(23)11-22(4)19(24)16-7-5-6-15(16)10-20/h8-9,15-16H,5-7,10-11,20H2,1-4H3,(H,21,23)/t15-,16-/m1/s1. The van der Waals surface area contributed by atoms with Gasteiger partial charge >= 0.3 is 0 Å². The van der Waals surface area contributed by atoms with Crippen LogP contribution in [0.25, 0.3) is 0 Å². The maximum atomic E-state index is 12.6. The molecule has 0 aromatic heterocycles. The molecule has 3 N–H and O–H groups in total. The monoisotopic (exact) mass is 331 g/mol. The van der Waals surface area contributed by atoms with Crippen LogP contribution in [-0.2, 0) is 9.59 Å². The van der Waals surface area contributed by atoms with Crippen LogP contribution in [-0.4, -0.2) is 36.9 Å². The van der Waals surface area contributed by atoms with Crippen LogP contribution in [0, 0.1) is 32.6 Å². The summed E-state index contributed by atoms with van der Waals surface area (Å²) >= 11 is 0. The summed E-state index contributed by atoms with van der Waals surface area (Å²) in [5, 5.41) is 2.95. The number of nitrogens with zero attached hydrogens (tertiary/aromatic N) is 1. The van der Waals surface area contributed by atoms with Crippen molar-refractivity contribution in [2.75, 3.05) is 25.5 Å². The zero-order valence-corrected chi connectivity index (χ0v) is 15.2. The first kappa shape index (κ1) is 18.5. The largest absolute Gasteiger partial charge is 0.336 e. The van der Waals surface area contributed by atoms with Gasteiger partial charge in [-0.15, -0.1) is 0 Å². The van der Waals surface area contributed by atoms with E-state index < -0.39 is 0 Å². The molecule has 1 saturated carbocycles. The summed E-state index contributed by atoms with van der Waals surface area (Å²) in [6, 6.07) is 4.09. The molecule has 1 aliphatic rings. The molecular weight excluding hydrogens is 302 g/mol. The van der Waals surface area contributed by atoms with Crippen LogP contribution < -0.4 is 11.1 Å². The van der Waals surface area contributed by atoms with Crippen molar-refractivity contribution in [3.05, 3.63) is 28.8 Å². The lowest BCUT2D eigenvalue weighted by Crippen LogP contribution is -2.40. The van der Waals surface area contributed by atoms with Crippen molar-refractivity contribution in [3.63, 3.8) is 0 Å². The van der Waals surface area contributed by atoms with E-state index in [1.165, 1.54) is 10.5 Å². The number of carbonyl (C=O) groups excluding carboxylic acids is 2. The second-order valence-corrected chi connectivity index (χ2v) is 7.05. The molecule has 0 spiro atoms. The van der Waals surface area contributed by atoms with E-state index >= 15 is 0 Å². The van der Waals surface area contributed by atoms with Crippen molar-refractivity contribution in [2.45, 2.75) is 40.0 Å². The van der Waals surface area contributed by atoms with Gasteiger partial charge in [0.1, 0.15) is 0 Å². The molecule has 1 aliphatic carbocycles. The normalized spacial score (nSPS) is 20.0. The van der Waals surface area contributed by atoms with E-state index in [0.717, 1.165) is 36.1 Å². The first-order valence-electron chi connectivity index (χ1n) is 8.66. The van der Waals surface area contributed by atoms with Crippen molar-refractivity contribution in [1.29, 1.82) is 0 Å². The van der Waals surface area contributed by atoms with Crippen LogP contribution >= 0.6 is 0 Å². The molecule has 2 amide bonds. The molecular formula is C19H29N3O2. The van der Waals surface area contributed by atoms with Crippen molar-refractivity contribution in [2.24, 2.45) is 17.6 Å². The van der Waals surface area contributed by atoms with Gasteiger partial charge in [-0.05, 0) is 57.2 Å². The van der Waals surface area contributed by atoms with Gasteiger partial charge in [0.15, 0.2) is 0 Å². The Morgan fingerprint density at radius 1 is 1.21 bits per heavy atom. The topological polar surface area (TPSA) is 75.4 Å². The second-order valence-electron chi connectivity index (χ2n) is 7.05. The predicted octanol–water partition coefficient (Wildman–Crippen LogP) is 2.38. The third-order valence-electron chi connectivity index (χ3n) is 4.98. The van der Waals surface area contributed by atoms with Crippen molar-refractivity contribution < 1.29 is 9.59 Å². The van der Waals surface area contributed by atoms with Gasteiger partial charge in [-0.1, -0.05) is 24.1 Å². The van der Waals surface area contributed by atoms with Crippen molar-refractivity contribution in [3.8, 4) is 0 Å². The fourth-order valence-electron chi connectivity index (χ4n) is 3.78. The average molecular weight is 331 g/mol. The predicted molar refractivity (Wildman–Crippen MR) is 96.8 cm³/mol. The number of carbonyl (C=O) groups is 2. The van der Waals surface area contributed by atoms with Gasteiger partial charge in [0.05, 0.1) is 6.54 Å². The lowest BCUT2D eigenvalue weighted by Gasteiger charge is -2.24. The van der Waals surface area contributed by atoms with Crippen molar-refractivity contribution >= 4 is 17.5 Å². The van der Waals surface area contributed by atoms with Gasteiger partial charge in [-0.3, -0.25) is 9.59 Å². The maximum absolute atomic E-state index is 12.6. The van der Waals surface area contributed by atoms with Crippen LogP contribution in [0.2, 0.25) is 0 Å². The summed E-state index contributed by atoms with van der Waals surface area (Å²) in [5.41, 5.74) is 9.84. The van der Waals surface area contributed by atoms with Gasteiger partial charge in [0.2, 0.25) is 11.8 Å². The number of likely N-dealkylation sites (N-methyl/N-ethyl adjacent to an activating group) is 1. The second kappa shape index (κ2) is 7.79. The zero-order chi connectivity index (χ0) is 17.9. The number of amides is 2. The third kappa shape index (κ3) is 4.15. The Balaban J connectivity index is 1.98. The molecule has 5 nitrogen and oxygen atoms in total. The number of aryl methyl sites for hydroxylation is 3. The molecule has 2 atom stereocenters. The van der Waals surface area contributed by atoms with Crippen LogP contribution in [0.15, 0.2) is 12.1 Å². The molecule has 0 radical (unpaired) electrons. The minimum Gasteiger partial charge on any atom is -0.336 e. The highest BCUT2D eigenvalue weighted by Crippen LogP contribution is 2.32. The Bertz CT molecular complexity index is 604. The third-order valence-corrected chi connectivity index (χ3v) is 4.98. The number of hydrogen-bond donors (Lipinski definition) is 2. The number of benzene rings is 1. The molecule has 0 aliphatic heterocycles. The molecule has 2 rings (SSSR count). The number of rotatable bonds is 5. The summed E-state index contributed by atoms with van der Waals surface area (Å²) in [5.74, 6) is 0.0962. The van der Waals surface area contributed by atoms with E-state index in [0.29, 0.717) is 6.54 Å². The van der Waals surface area contributed by atoms with Crippen LogP contribution in [0.4, 0.5) is 5.69 Å². The Labute approximate surface area is 144 Å². The highest BCUT2D eigenvalue weighted by Gasteiger charge is 2.34. The van der Waals surface area contributed by atoms with Crippen LogP contribution in [0.1, 0.15) is 36.0 Å². The number of anilines is 1. The number of hydrogen-bond acceptors (Lipinski definition) is 3. The number of nitrogens with one attached hydrogen (secondary N) is 1. The first-order chi connectivity index (χ1) is 11.3. The minimum absolute atomic E-state index is 0.0318. The summed E-state index contributed by atoms with van der Waals surface area (Å²) in [6.45, 7) is 6.61. The van der Waals surface area contributed by atoms with E-state index in [9.17, 15) is 9.59 Å². The quantitative estimate of drug-likeness (QED) is 0.870. The maximum Gasteiger partial charge on any atom is 0.243 e. The summed E-state index contributed by atoms with van der Waals surface area (Å²) in [4.78, 5) is 26.5. The van der Waals surface area contributed by atoms with Gasteiger partial charge in [-0.2, -0.15) is 0 Å². The first-order valence-corrected chi connectivity index (χ1v) is 8.66. The lowest BCUT2D eigenvalue weighted by atomic mass is 9.95. The molecule has 0 heterocycles. The molecule has 1 aromatic carbocycles. The Kier molecular flexibility index (Phi) is 5.99. The van der Waals surface area contributed by atoms with Crippen LogP contribution in [0.3, 0.4) is 0 Å². The molecule has 0 bridgehead atoms. The molecule has 0 saturated heterocycles. The molecule has 5 heteroatoms. The molecule has 0 unspecified atom stereocenters. The van der Waals surface area contributed by atoms with Crippen molar-refractivity contribution in [1.82, 2.24) is 4.90 Å². The van der Waals surface area contributed by atoms with E-state index in [1.54, 1.807) is 7.05 Å². The zero-order valence-electron chi connectivity index (χ0n) is 15.2. The van der Waals surface area contributed by atoms with E-state index in [-0.39, 0.29) is 30.2 Å².